The topological polar surface area (TPSA) is 69.9 Å². The third kappa shape index (κ3) is 9.56. The quantitative estimate of drug-likeness (QED) is 0.154. The summed E-state index contributed by atoms with van der Waals surface area (Å²) in [5.74, 6) is 0.681. The molecule has 0 amide bonds. The van der Waals surface area contributed by atoms with Crippen LogP contribution in [0.5, 0.6) is 11.5 Å². The molecule has 0 saturated heterocycles. The molecule has 0 bridgehead atoms. The predicted molar refractivity (Wildman–Crippen MR) is 145 cm³/mol. The lowest BCUT2D eigenvalue weighted by molar-refractivity contribution is 0.333. The van der Waals surface area contributed by atoms with Crippen LogP contribution in [0.4, 0.5) is 0 Å². The van der Waals surface area contributed by atoms with E-state index < -0.39 is 13.4 Å². The number of hydrogen-bond acceptors (Lipinski definition) is 4. The van der Waals surface area contributed by atoms with Crippen LogP contribution in [0.25, 0.3) is 0 Å². The van der Waals surface area contributed by atoms with Gasteiger partial charge in [0.05, 0.1) is 0 Å². The highest BCUT2D eigenvalue weighted by Crippen LogP contribution is 2.54. The van der Waals surface area contributed by atoms with E-state index in [1.807, 2.05) is 44.2 Å². The van der Waals surface area contributed by atoms with E-state index in [-0.39, 0.29) is 11.9 Å². The summed E-state index contributed by atoms with van der Waals surface area (Å²) < 4.78 is 5.82. The first kappa shape index (κ1) is 28.6. The number of unbranched alkanes of at least 4 members (excludes halogenated alkanes) is 11. The van der Waals surface area contributed by atoms with Crippen LogP contribution in [-0.2, 0) is 5.41 Å². The molecule has 0 unspecified atom stereocenters. The summed E-state index contributed by atoms with van der Waals surface area (Å²) in [7, 11) is -3.51. The molecule has 3 N–H and O–H groups in total. The maximum Gasteiger partial charge on any atom is 0.451 e. The maximum absolute atomic E-state index is 10.6. The van der Waals surface area contributed by atoms with Crippen LogP contribution in [-0.4, -0.2) is 21.1 Å². The molecule has 0 heterocycles. The Morgan fingerprint density at radius 3 is 1.71 bits per heavy atom. The number of hydrogen-bond donors (Lipinski definition) is 3. The van der Waals surface area contributed by atoms with Crippen LogP contribution in [0.3, 0.4) is 0 Å². The molecule has 2 aromatic carbocycles. The van der Waals surface area contributed by atoms with Crippen LogP contribution in [0.15, 0.2) is 48.5 Å². The van der Waals surface area contributed by atoms with E-state index in [2.05, 4.69) is 6.92 Å². The van der Waals surface area contributed by atoms with Crippen molar-refractivity contribution in [2.45, 2.75) is 103 Å². The summed E-state index contributed by atoms with van der Waals surface area (Å²) in [6.45, 7) is 6.26. The minimum Gasteiger partial charge on any atom is -0.508 e. The number of para-hydroxylation sites is 2. The van der Waals surface area contributed by atoms with E-state index >= 15 is 0 Å². The van der Waals surface area contributed by atoms with Crippen LogP contribution < -0.4 is 4.52 Å². The first-order valence-electron chi connectivity index (χ1n) is 13.2. The molecule has 0 aliphatic carbocycles. The van der Waals surface area contributed by atoms with E-state index in [0.29, 0.717) is 5.75 Å². The third-order valence-corrected chi connectivity index (χ3v) is 8.07. The molecule has 0 fully saturated rings. The Bertz CT molecular complexity index is 834. The first-order chi connectivity index (χ1) is 16.3. The Morgan fingerprint density at radius 2 is 1.15 bits per heavy atom. The summed E-state index contributed by atoms with van der Waals surface area (Å²) in [4.78, 5) is 21.3. The largest absolute Gasteiger partial charge is 0.508 e. The van der Waals surface area contributed by atoms with Gasteiger partial charge < -0.3 is 5.11 Å². The zero-order valence-electron chi connectivity index (χ0n) is 21.5. The van der Waals surface area contributed by atoms with Gasteiger partial charge in [0.1, 0.15) is 11.9 Å². The van der Waals surface area contributed by atoms with E-state index in [1.165, 1.54) is 57.8 Å². The number of benzene rings is 2. The summed E-state index contributed by atoms with van der Waals surface area (Å²) in [6, 6.07) is 14.7. The molecule has 2 aromatic rings. The van der Waals surface area contributed by atoms with Gasteiger partial charge in [0.25, 0.3) is 0 Å². The maximum atomic E-state index is 10.6. The molecule has 5 heteroatoms. The Morgan fingerprint density at radius 1 is 0.676 bits per heavy atom. The highest BCUT2D eigenvalue weighted by molar-refractivity contribution is 7.60. The molecule has 0 saturated carbocycles. The lowest BCUT2D eigenvalue weighted by Crippen LogP contribution is -2.20. The van der Waals surface area contributed by atoms with Gasteiger partial charge in [0.2, 0.25) is 0 Å². The van der Waals surface area contributed by atoms with Crippen molar-refractivity contribution in [3.8, 4) is 11.5 Å². The van der Waals surface area contributed by atoms with E-state index in [9.17, 15) is 14.9 Å². The highest BCUT2D eigenvalue weighted by Gasteiger charge is 2.39. The van der Waals surface area contributed by atoms with E-state index in [4.69, 9.17) is 4.52 Å². The molecule has 190 valence electrons. The zero-order chi connectivity index (χ0) is 24.9. The van der Waals surface area contributed by atoms with Gasteiger partial charge in [-0.25, -0.2) is 0 Å². The van der Waals surface area contributed by atoms with Gasteiger partial charge >= 0.3 is 7.94 Å². The van der Waals surface area contributed by atoms with Crippen LogP contribution >= 0.6 is 7.94 Å². The first-order valence-corrected chi connectivity index (χ1v) is 15.0. The SMILES string of the molecule is CCCCCCCCCCCCCC[P+](O)(O)Oc1ccccc1C(C)(C)c1ccccc1O. The summed E-state index contributed by atoms with van der Waals surface area (Å²) in [5, 5.41) is 10.4. The lowest BCUT2D eigenvalue weighted by Gasteiger charge is -2.28. The van der Waals surface area contributed by atoms with Crippen LogP contribution in [0, 0.1) is 0 Å². The second-order valence-corrected chi connectivity index (χ2v) is 12.0. The van der Waals surface area contributed by atoms with E-state index in [0.717, 1.165) is 30.4 Å². The smallest absolute Gasteiger partial charge is 0.451 e. The van der Waals surface area contributed by atoms with Crippen molar-refractivity contribution in [3.05, 3.63) is 59.7 Å². The Labute approximate surface area is 208 Å². The lowest BCUT2D eigenvalue weighted by atomic mass is 9.77. The Hall–Kier alpha value is -1.61. The Kier molecular flexibility index (Phi) is 12.4. The summed E-state index contributed by atoms with van der Waals surface area (Å²) >= 11 is 0. The molecule has 0 atom stereocenters. The number of phenols is 1. The van der Waals surface area contributed by atoms with Crippen LogP contribution in [0.1, 0.15) is 109 Å². The highest BCUT2D eigenvalue weighted by atomic mass is 31.2. The van der Waals surface area contributed by atoms with Crippen LogP contribution in [0.2, 0.25) is 0 Å². The fourth-order valence-electron chi connectivity index (χ4n) is 4.57. The van der Waals surface area contributed by atoms with Crippen molar-refractivity contribution in [1.82, 2.24) is 0 Å². The summed E-state index contributed by atoms with van der Waals surface area (Å²) in [6.07, 6.45) is 15.1. The Balaban J connectivity index is 1.78. The molecule has 0 aliphatic rings. The van der Waals surface area contributed by atoms with Gasteiger partial charge in [-0.05, 0) is 25.0 Å². The molecule has 0 spiro atoms. The standard InChI is InChI=1S/C29H45O4P/c1-4-5-6-7-8-9-10-11-12-13-14-19-24-34(31,32)33-28-23-18-16-21-26(28)29(2,3)25-20-15-17-22-27(25)30/h15-18,20-23,31-32H,4-14,19,24H2,1-3H3/p+1. The molecular weight excluding hydrogens is 443 g/mol. The average Bonchev–Trinajstić information content (AvgIpc) is 2.80. The molecule has 0 aliphatic heterocycles. The van der Waals surface area contributed by atoms with Gasteiger partial charge in [-0.3, -0.25) is 4.52 Å². The number of phenolic OH excluding ortho intramolecular Hbond substituents is 1. The van der Waals surface area contributed by atoms with Crippen molar-refractivity contribution in [2.75, 3.05) is 6.16 Å². The predicted octanol–water partition coefficient (Wildman–Crippen LogP) is 8.55. The normalized spacial score (nSPS) is 12.1. The fourth-order valence-corrected chi connectivity index (χ4v) is 5.77. The fraction of sp³-hybridized carbons (Fsp3) is 0.586. The molecule has 0 aromatic heterocycles. The second-order valence-electron chi connectivity index (χ2n) is 10.0. The molecule has 4 nitrogen and oxygen atoms in total. The van der Waals surface area contributed by atoms with Gasteiger partial charge in [0.15, 0.2) is 5.75 Å². The number of aromatic hydroxyl groups is 1. The van der Waals surface area contributed by atoms with E-state index in [1.54, 1.807) is 18.2 Å². The minimum atomic E-state index is -3.51. The van der Waals surface area contributed by atoms with Gasteiger partial charge in [-0.15, -0.1) is 0 Å². The van der Waals surface area contributed by atoms with Crippen molar-refractivity contribution in [1.29, 1.82) is 0 Å². The van der Waals surface area contributed by atoms with Gasteiger partial charge in [-0.2, -0.15) is 9.79 Å². The average molecular weight is 490 g/mol. The summed E-state index contributed by atoms with van der Waals surface area (Å²) in [5.41, 5.74) is 1.03. The minimum absolute atomic E-state index is 0.216. The second kappa shape index (κ2) is 14.7. The van der Waals surface area contributed by atoms with Crippen molar-refractivity contribution >= 4 is 7.94 Å². The molecule has 0 radical (unpaired) electrons. The number of rotatable bonds is 17. The van der Waals surface area contributed by atoms with Crippen molar-refractivity contribution in [2.24, 2.45) is 0 Å². The van der Waals surface area contributed by atoms with Gasteiger partial charge in [-0.1, -0.05) is 121 Å². The zero-order valence-corrected chi connectivity index (χ0v) is 22.4. The van der Waals surface area contributed by atoms with Gasteiger partial charge in [0, 0.05) is 16.5 Å². The monoisotopic (exact) mass is 489 g/mol. The van der Waals surface area contributed by atoms with Crippen molar-refractivity contribution in [3.63, 3.8) is 0 Å². The third-order valence-electron chi connectivity index (χ3n) is 6.69. The molecule has 34 heavy (non-hydrogen) atoms. The van der Waals surface area contributed by atoms with Crippen molar-refractivity contribution < 1.29 is 19.4 Å². The molecule has 2 rings (SSSR count). The molecular formula is C29H46O4P+.